The third kappa shape index (κ3) is 6.01. The van der Waals surface area contributed by atoms with E-state index >= 15 is 0 Å². The van der Waals surface area contributed by atoms with E-state index in [4.69, 9.17) is 9.47 Å². The lowest BCUT2D eigenvalue weighted by atomic mass is 10.0. The average molecular weight is 441 g/mol. The van der Waals surface area contributed by atoms with Crippen LogP contribution in [0.4, 0.5) is 5.69 Å². The monoisotopic (exact) mass is 440 g/mol. The fourth-order valence-corrected chi connectivity index (χ4v) is 3.73. The van der Waals surface area contributed by atoms with E-state index in [-0.39, 0.29) is 31.1 Å². The molecule has 7 nitrogen and oxygen atoms in total. The Morgan fingerprint density at radius 2 is 1.97 bits per heavy atom. The summed E-state index contributed by atoms with van der Waals surface area (Å²) in [6, 6.07) is 14.9. The molecule has 0 spiro atoms. The first-order valence-corrected chi connectivity index (χ1v) is 11.1. The van der Waals surface area contributed by atoms with Gasteiger partial charge < -0.3 is 24.8 Å². The molecule has 1 aliphatic heterocycles. The Morgan fingerprint density at radius 3 is 2.69 bits per heavy atom. The number of likely N-dealkylation sites (tertiary alicyclic amines) is 1. The van der Waals surface area contributed by atoms with Crippen molar-refractivity contribution in [1.82, 2.24) is 4.90 Å². The molecule has 0 bridgehead atoms. The van der Waals surface area contributed by atoms with Crippen LogP contribution in [-0.2, 0) is 9.53 Å². The van der Waals surface area contributed by atoms with E-state index in [9.17, 15) is 14.7 Å². The molecular weight excluding hydrogens is 408 g/mol. The molecule has 0 aliphatic carbocycles. The number of β-amino-alcohol motifs (C(OH)–C–C–N with tert-alkyl or cyclic N) is 1. The summed E-state index contributed by atoms with van der Waals surface area (Å²) in [5.74, 6) is 0.537. The number of esters is 1. The minimum Gasteiger partial charge on any atom is -0.488 e. The van der Waals surface area contributed by atoms with Gasteiger partial charge in [0.1, 0.15) is 24.5 Å². The number of hydrogen-bond donors (Lipinski definition) is 2. The highest BCUT2D eigenvalue weighted by atomic mass is 16.5. The van der Waals surface area contributed by atoms with Crippen LogP contribution in [0.5, 0.6) is 5.75 Å². The van der Waals surface area contributed by atoms with Crippen molar-refractivity contribution in [2.75, 3.05) is 31.6 Å². The molecule has 7 heteroatoms. The Balaban J connectivity index is 1.62. The fraction of sp³-hybridized carbons (Fsp3) is 0.440. The van der Waals surface area contributed by atoms with Gasteiger partial charge in [-0.1, -0.05) is 38.1 Å². The van der Waals surface area contributed by atoms with Crippen molar-refractivity contribution < 1.29 is 24.2 Å². The van der Waals surface area contributed by atoms with E-state index in [1.54, 1.807) is 36.1 Å². The first-order valence-electron chi connectivity index (χ1n) is 11.1. The zero-order valence-corrected chi connectivity index (χ0v) is 18.9. The molecule has 2 aromatic rings. The van der Waals surface area contributed by atoms with E-state index < -0.39 is 6.10 Å². The number of para-hydroxylation sites is 1. The predicted molar refractivity (Wildman–Crippen MR) is 123 cm³/mol. The van der Waals surface area contributed by atoms with E-state index in [0.29, 0.717) is 36.7 Å². The predicted octanol–water partition coefficient (Wildman–Crippen LogP) is 3.44. The summed E-state index contributed by atoms with van der Waals surface area (Å²) in [5.41, 5.74) is 2.19. The Bertz CT molecular complexity index is 930. The summed E-state index contributed by atoms with van der Waals surface area (Å²) >= 11 is 0. The smallest absolute Gasteiger partial charge is 0.325 e. The van der Waals surface area contributed by atoms with Gasteiger partial charge in [-0.25, -0.2) is 0 Å². The first kappa shape index (κ1) is 23.6. The van der Waals surface area contributed by atoms with Crippen molar-refractivity contribution in [3.63, 3.8) is 0 Å². The van der Waals surface area contributed by atoms with Gasteiger partial charge in [-0.3, -0.25) is 9.59 Å². The zero-order chi connectivity index (χ0) is 23.1. The molecule has 172 valence electrons. The van der Waals surface area contributed by atoms with Crippen LogP contribution in [0.25, 0.3) is 0 Å². The number of benzene rings is 2. The van der Waals surface area contributed by atoms with Crippen molar-refractivity contribution in [1.29, 1.82) is 0 Å². The lowest BCUT2D eigenvalue weighted by Gasteiger charge is -2.36. The van der Waals surface area contributed by atoms with Crippen molar-refractivity contribution in [2.24, 2.45) is 0 Å². The third-order valence-electron chi connectivity index (χ3n) is 5.51. The first-order chi connectivity index (χ1) is 15.4. The highest BCUT2D eigenvalue weighted by Crippen LogP contribution is 2.25. The lowest BCUT2D eigenvalue weighted by Crippen LogP contribution is -2.51. The second-order valence-electron chi connectivity index (χ2n) is 8.19. The molecule has 3 rings (SSSR count). The van der Waals surface area contributed by atoms with Gasteiger partial charge in [-0.15, -0.1) is 0 Å². The van der Waals surface area contributed by atoms with E-state index in [1.165, 1.54) is 5.56 Å². The van der Waals surface area contributed by atoms with Crippen LogP contribution in [-0.4, -0.2) is 60.3 Å². The maximum absolute atomic E-state index is 13.1. The van der Waals surface area contributed by atoms with Crippen LogP contribution in [0.15, 0.2) is 48.5 Å². The summed E-state index contributed by atoms with van der Waals surface area (Å²) in [4.78, 5) is 26.4. The maximum atomic E-state index is 13.1. The summed E-state index contributed by atoms with van der Waals surface area (Å²) in [5, 5.41) is 13.7. The molecule has 0 radical (unpaired) electrons. The molecule has 0 aromatic heterocycles. The van der Waals surface area contributed by atoms with Gasteiger partial charge in [0.05, 0.1) is 18.7 Å². The van der Waals surface area contributed by atoms with Gasteiger partial charge in [0.25, 0.3) is 5.91 Å². The molecule has 1 saturated heterocycles. The molecule has 1 aliphatic rings. The molecule has 0 saturated carbocycles. The second kappa shape index (κ2) is 11.0. The quantitative estimate of drug-likeness (QED) is 0.612. The molecule has 1 heterocycles. The normalized spacial score (nSPS) is 18.3. The molecule has 32 heavy (non-hydrogen) atoms. The summed E-state index contributed by atoms with van der Waals surface area (Å²) in [7, 11) is 0. The molecule has 1 amide bonds. The van der Waals surface area contributed by atoms with Crippen LogP contribution in [0.3, 0.4) is 0 Å². The van der Waals surface area contributed by atoms with Crippen LogP contribution in [0.1, 0.15) is 49.0 Å². The average Bonchev–Trinajstić information content (AvgIpc) is 2.79. The molecule has 2 N–H and O–H groups in total. The number of piperidine rings is 1. The number of hydrogen-bond acceptors (Lipinski definition) is 6. The van der Waals surface area contributed by atoms with Crippen molar-refractivity contribution >= 4 is 17.6 Å². The Kier molecular flexibility index (Phi) is 8.11. The highest BCUT2D eigenvalue weighted by molar-refractivity contribution is 6.00. The topological polar surface area (TPSA) is 88.1 Å². The Hall–Kier alpha value is -3.06. The van der Waals surface area contributed by atoms with Gasteiger partial charge in [0.2, 0.25) is 0 Å². The van der Waals surface area contributed by atoms with Gasteiger partial charge in [0, 0.05) is 18.7 Å². The standard InChI is InChI=1S/C25H32N2O5/c1-4-31-24(29)15-26-21-11-6-5-10-20(21)25(30)27-13-12-23(22(28)16-27)32-19-9-7-8-18(14-19)17(2)3/h5-11,14,17,22-23,26,28H,4,12-13,15-16H2,1-3H3/t22-,23-/m1/s1. The number of rotatable bonds is 8. The minimum absolute atomic E-state index is 0.0217. The number of nitrogens with one attached hydrogen (secondary N) is 1. The van der Waals surface area contributed by atoms with Crippen molar-refractivity contribution in [2.45, 2.75) is 45.3 Å². The van der Waals surface area contributed by atoms with Crippen LogP contribution >= 0.6 is 0 Å². The number of aliphatic hydroxyl groups excluding tert-OH is 1. The third-order valence-corrected chi connectivity index (χ3v) is 5.51. The maximum Gasteiger partial charge on any atom is 0.325 e. The second-order valence-corrected chi connectivity index (χ2v) is 8.19. The number of nitrogens with zero attached hydrogens (tertiary/aromatic N) is 1. The molecule has 1 fully saturated rings. The zero-order valence-electron chi connectivity index (χ0n) is 18.9. The fourth-order valence-electron chi connectivity index (χ4n) is 3.73. The minimum atomic E-state index is -0.796. The van der Waals surface area contributed by atoms with Crippen LogP contribution in [0.2, 0.25) is 0 Å². The van der Waals surface area contributed by atoms with E-state index in [1.807, 2.05) is 18.2 Å². The van der Waals surface area contributed by atoms with Crippen LogP contribution in [0, 0.1) is 0 Å². The van der Waals surface area contributed by atoms with Crippen molar-refractivity contribution in [3.8, 4) is 5.75 Å². The molecule has 2 atom stereocenters. The summed E-state index contributed by atoms with van der Waals surface area (Å²) in [6.07, 6.45) is -0.647. The SMILES string of the molecule is CCOC(=O)CNc1ccccc1C(=O)N1CC[C@@H](Oc2cccc(C(C)C)c2)[C@H](O)C1. The Labute approximate surface area is 189 Å². The van der Waals surface area contributed by atoms with Gasteiger partial charge in [-0.2, -0.15) is 0 Å². The van der Waals surface area contributed by atoms with E-state index in [2.05, 4.69) is 25.2 Å². The molecule has 0 unspecified atom stereocenters. The summed E-state index contributed by atoms with van der Waals surface area (Å²) in [6.45, 7) is 6.92. The van der Waals surface area contributed by atoms with Gasteiger partial charge >= 0.3 is 5.97 Å². The number of amides is 1. The number of carbonyl (C=O) groups is 2. The molecular formula is C25H32N2O5. The number of aliphatic hydroxyl groups is 1. The van der Waals surface area contributed by atoms with Gasteiger partial charge in [0.15, 0.2) is 0 Å². The Morgan fingerprint density at radius 1 is 1.19 bits per heavy atom. The summed E-state index contributed by atoms with van der Waals surface area (Å²) < 4.78 is 11.0. The number of anilines is 1. The van der Waals surface area contributed by atoms with Gasteiger partial charge in [-0.05, 0) is 42.7 Å². The number of carbonyl (C=O) groups excluding carboxylic acids is 2. The highest BCUT2D eigenvalue weighted by Gasteiger charge is 2.32. The van der Waals surface area contributed by atoms with Crippen molar-refractivity contribution in [3.05, 3.63) is 59.7 Å². The van der Waals surface area contributed by atoms with E-state index in [0.717, 1.165) is 5.75 Å². The number of ether oxygens (including phenoxy) is 2. The lowest BCUT2D eigenvalue weighted by molar-refractivity contribution is -0.140. The molecule has 2 aromatic carbocycles. The largest absolute Gasteiger partial charge is 0.488 e. The van der Waals surface area contributed by atoms with Crippen LogP contribution < -0.4 is 10.1 Å².